The summed E-state index contributed by atoms with van der Waals surface area (Å²) in [6.45, 7) is 2.53. The lowest BCUT2D eigenvalue weighted by Crippen LogP contribution is -2.43. The Morgan fingerprint density at radius 2 is 2.18 bits per heavy atom. The maximum Gasteiger partial charge on any atom is 0.329 e. The molecular formula is C12H19NO3S. The SMILES string of the molecule is CCCCOC(=O)[C@@H]1CSCN1C(=O)C1CC1. The van der Waals surface area contributed by atoms with E-state index in [0.29, 0.717) is 18.2 Å². The van der Waals surface area contributed by atoms with Crippen LogP contribution in [0.2, 0.25) is 0 Å². The van der Waals surface area contributed by atoms with E-state index < -0.39 is 0 Å². The molecule has 5 heteroatoms. The van der Waals surface area contributed by atoms with E-state index in [1.54, 1.807) is 16.7 Å². The minimum absolute atomic E-state index is 0.146. The Morgan fingerprint density at radius 3 is 2.82 bits per heavy atom. The van der Waals surface area contributed by atoms with Gasteiger partial charge in [0.1, 0.15) is 6.04 Å². The van der Waals surface area contributed by atoms with Crippen molar-refractivity contribution < 1.29 is 14.3 Å². The fourth-order valence-electron chi connectivity index (χ4n) is 1.83. The molecule has 1 saturated heterocycles. The van der Waals surface area contributed by atoms with Gasteiger partial charge < -0.3 is 9.64 Å². The van der Waals surface area contributed by atoms with Crippen molar-refractivity contribution >= 4 is 23.6 Å². The number of unbranched alkanes of at least 4 members (excludes halogenated alkanes) is 1. The van der Waals surface area contributed by atoms with Gasteiger partial charge in [-0.25, -0.2) is 4.79 Å². The normalized spacial score (nSPS) is 23.8. The van der Waals surface area contributed by atoms with Crippen LogP contribution in [0, 0.1) is 5.92 Å². The molecule has 0 aromatic rings. The summed E-state index contributed by atoms with van der Waals surface area (Å²) in [5, 5.41) is 0. The van der Waals surface area contributed by atoms with Crippen LogP contribution < -0.4 is 0 Å². The Balaban J connectivity index is 1.85. The molecule has 0 bridgehead atoms. The van der Waals surface area contributed by atoms with Gasteiger partial charge in [0.25, 0.3) is 0 Å². The quantitative estimate of drug-likeness (QED) is 0.555. The Hall–Kier alpha value is -0.710. The maximum absolute atomic E-state index is 12.0. The van der Waals surface area contributed by atoms with Gasteiger partial charge in [-0.2, -0.15) is 0 Å². The predicted molar refractivity (Wildman–Crippen MR) is 66.6 cm³/mol. The number of esters is 1. The van der Waals surface area contributed by atoms with Crippen LogP contribution >= 0.6 is 11.8 Å². The third-order valence-electron chi connectivity index (χ3n) is 3.11. The Morgan fingerprint density at radius 1 is 1.41 bits per heavy atom. The summed E-state index contributed by atoms with van der Waals surface area (Å²) in [6, 6.07) is -0.343. The van der Waals surface area contributed by atoms with E-state index in [9.17, 15) is 9.59 Å². The molecule has 1 atom stereocenters. The average Bonchev–Trinajstić information content (AvgIpc) is 3.05. The molecule has 0 radical (unpaired) electrons. The summed E-state index contributed by atoms with van der Waals surface area (Å²) in [6.07, 6.45) is 3.87. The first kappa shape index (κ1) is 12.7. The zero-order valence-electron chi connectivity index (χ0n) is 10.2. The number of rotatable bonds is 5. The van der Waals surface area contributed by atoms with Gasteiger partial charge in [-0.3, -0.25) is 4.79 Å². The second-order valence-electron chi connectivity index (χ2n) is 4.62. The number of carbonyl (C=O) groups excluding carboxylic acids is 2. The van der Waals surface area contributed by atoms with Gasteiger partial charge in [0.2, 0.25) is 5.91 Å². The van der Waals surface area contributed by atoms with Gasteiger partial charge in [-0.15, -0.1) is 11.8 Å². The monoisotopic (exact) mass is 257 g/mol. The summed E-state index contributed by atoms with van der Waals surface area (Å²) in [5.41, 5.74) is 0. The first-order valence-corrected chi connectivity index (χ1v) is 7.44. The fourth-order valence-corrected chi connectivity index (χ4v) is 2.98. The Labute approximate surface area is 106 Å². The van der Waals surface area contributed by atoms with E-state index in [4.69, 9.17) is 4.74 Å². The van der Waals surface area contributed by atoms with E-state index >= 15 is 0 Å². The minimum Gasteiger partial charge on any atom is -0.464 e. The molecule has 2 aliphatic rings. The highest BCUT2D eigenvalue weighted by Crippen LogP contribution is 2.34. The summed E-state index contributed by atoms with van der Waals surface area (Å²) in [4.78, 5) is 25.5. The highest BCUT2D eigenvalue weighted by atomic mass is 32.2. The molecule has 0 spiro atoms. The van der Waals surface area contributed by atoms with Crippen LogP contribution in [0.25, 0.3) is 0 Å². The molecular weight excluding hydrogens is 238 g/mol. The van der Waals surface area contributed by atoms with Gasteiger partial charge >= 0.3 is 5.97 Å². The number of hydrogen-bond donors (Lipinski definition) is 0. The predicted octanol–water partition coefficient (Wildman–Crippen LogP) is 1.64. The molecule has 1 aliphatic carbocycles. The molecule has 0 aromatic carbocycles. The van der Waals surface area contributed by atoms with Crippen LogP contribution in [-0.2, 0) is 14.3 Å². The van der Waals surface area contributed by atoms with Crippen LogP contribution in [-0.4, -0.2) is 41.1 Å². The number of hydrogen-bond acceptors (Lipinski definition) is 4. The van der Waals surface area contributed by atoms with Crippen LogP contribution in [0.15, 0.2) is 0 Å². The average molecular weight is 257 g/mol. The summed E-state index contributed by atoms with van der Waals surface area (Å²) < 4.78 is 5.20. The van der Waals surface area contributed by atoms with Crippen molar-refractivity contribution in [2.45, 2.75) is 38.6 Å². The minimum atomic E-state index is -0.343. The van der Waals surface area contributed by atoms with Crippen LogP contribution in [0.1, 0.15) is 32.6 Å². The van der Waals surface area contributed by atoms with Gasteiger partial charge in [0, 0.05) is 11.7 Å². The Kier molecular flexibility index (Phi) is 4.31. The van der Waals surface area contributed by atoms with Gasteiger partial charge in [-0.05, 0) is 19.3 Å². The van der Waals surface area contributed by atoms with Crippen molar-refractivity contribution in [2.24, 2.45) is 5.92 Å². The number of thioether (sulfide) groups is 1. The molecule has 17 heavy (non-hydrogen) atoms. The van der Waals surface area contributed by atoms with Crippen molar-refractivity contribution in [3.05, 3.63) is 0 Å². The van der Waals surface area contributed by atoms with Gasteiger partial charge in [0.15, 0.2) is 0 Å². The topological polar surface area (TPSA) is 46.6 Å². The molecule has 96 valence electrons. The standard InChI is InChI=1S/C12H19NO3S/c1-2-3-6-16-12(15)10-7-17-8-13(10)11(14)9-4-5-9/h9-10H,2-8H2,1H3/t10-/m0/s1. The third-order valence-corrected chi connectivity index (χ3v) is 4.12. The van der Waals surface area contributed by atoms with E-state index in [0.717, 1.165) is 25.7 Å². The van der Waals surface area contributed by atoms with Crippen molar-refractivity contribution in [3.8, 4) is 0 Å². The number of carbonyl (C=O) groups is 2. The van der Waals surface area contributed by atoms with Crippen molar-refractivity contribution in [2.75, 3.05) is 18.2 Å². The van der Waals surface area contributed by atoms with E-state index in [2.05, 4.69) is 6.92 Å². The van der Waals surface area contributed by atoms with Crippen LogP contribution in [0.5, 0.6) is 0 Å². The zero-order chi connectivity index (χ0) is 12.3. The van der Waals surface area contributed by atoms with E-state index in [1.807, 2.05) is 0 Å². The lowest BCUT2D eigenvalue weighted by atomic mass is 10.2. The molecule has 1 heterocycles. The molecule has 0 aromatic heterocycles. The second-order valence-corrected chi connectivity index (χ2v) is 5.62. The fraction of sp³-hybridized carbons (Fsp3) is 0.833. The number of nitrogens with zero attached hydrogens (tertiary/aromatic N) is 1. The molecule has 1 amide bonds. The van der Waals surface area contributed by atoms with Gasteiger partial charge in [0.05, 0.1) is 12.5 Å². The summed E-state index contributed by atoms with van der Waals surface area (Å²) in [5.74, 6) is 1.43. The summed E-state index contributed by atoms with van der Waals surface area (Å²) >= 11 is 1.64. The summed E-state index contributed by atoms with van der Waals surface area (Å²) in [7, 11) is 0. The molecule has 2 fully saturated rings. The second kappa shape index (κ2) is 5.76. The molecule has 0 unspecified atom stereocenters. The third kappa shape index (κ3) is 3.15. The molecule has 1 aliphatic heterocycles. The lowest BCUT2D eigenvalue weighted by Gasteiger charge is -2.22. The molecule has 0 N–H and O–H groups in total. The largest absolute Gasteiger partial charge is 0.464 e. The number of ether oxygens (including phenoxy) is 1. The van der Waals surface area contributed by atoms with Crippen LogP contribution in [0.3, 0.4) is 0 Å². The van der Waals surface area contributed by atoms with Crippen molar-refractivity contribution in [1.29, 1.82) is 0 Å². The maximum atomic E-state index is 12.0. The van der Waals surface area contributed by atoms with E-state index in [1.165, 1.54) is 0 Å². The molecule has 4 nitrogen and oxygen atoms in total. The van der Waals surface area contributed by atoms with Gasteiger partial charge in [-0.1, -0.05) is 13.3 Å². The lowest BCUT2D eigenvalue weighted by molar-refractivity contribution is -0.153. The molecule has 2 rings (SSSR count). The first-order chi connectivity index (χ1) is 8.24. The highest BCUT2D eigenvalue weighted by molar-refractivity contribution is 7.99. The first-order valence-electron chi connectivity index (χ1n) is 6.29. The molecule has 1 saturated carbocycles. The van der Waals surface area contributed by atoms with Crippen LogP contribution in [0.4, 0.5) is 0 Å². The van der Waals surface area contributed by atoms with Crippen molar-refractivity contribution in [1.82, 2.24) is 4.90 Å². The van der Waals surface area contributed by atoms with Crippen molar-refractivity contribution in [3.63, 3.8) is 0 Å². The number of amides is 1. The van der Waals surface area contributed by atoms with E-state index in [-0.39, 0.29) is 23.8 Å². The Bertz CT molecular complexity index is 304. The highest BCUT2D eigenvalue weighted by Gasteiger charge is 2.41. The zero-order valence-corrected chi connectivity index (χ0v) is 11.0. The smallest absolute Gasteiger partial charge is 0.329 e.